The van der Waals surface area contributed by atoms with E-state index < -0.39 is 10.0 Å². The van der Waals surface area contributed by atoms with E-state index in [0.29, 0.717) is 34.8 Å². The van der Waals surface area contributed by atoms with Gasteiger partial charge in [0.25, 0.3) is 0 Å². The van der Waals surface area contributed by atoms with Crippen molar-refractivity contribution in [2.24, 2.45) is 5.92 Å². The summed E-state index contributed by atoms with van der Waals surface area (Å²) in [6.45, 7) is 1.99. The molecule has 30 heavy (non-hydrogen) atoms. The van der Waals surface area contributed by atoms with Gasteiger partial charge in [0.1, 0.15) is 0 Å². The lowest BCUT2D eigenvalue weighted by Crippen LogP contribution is -2.41. The van der Waals surface area contributed by atoms with Gasteiger partial charge in [0.05, 0.1) is 5.75 Å². The van der Waals surface area contributed by atoms with Crippen LogP contribution >= 0.6 is 11.6 Å². The average Bonchev–Trinajstić information content (AvgIpc) is 2.69. The van der Waals surface area contributed by atoms with Gasteiger partial charge in [0, 0.05) is 42.3 Å². The van der Waals surface area contributed by atoms with Gasteiger partial charge in [0.2, 0.25) is 21.8 Å². The molecule has 0 radical (unpaired) electrons. The molecule has 3 rings (SSSR count). The van der Waals surface area contributed by atoms with Gasteiger partial charge in [-0.25, -0.2) is 12.7 Å². The van der Waals surface area contributed by atoms with Crippen molar-refractivity contribution >= 4 is 44.8 Å². The molecule has 160 valence electrons. The molecule has 2 N–H and O–H groups in total. The van der Waals surface area contributed by atoms with Gasteiger partial charge in [-0.1, -0.05) is 35.9 Å². The number of carbonyl (C=O) groups excluding carboxylic acids is 2. The quantitative estimate of drug-likeness (QED) is 0.705. The Kier molecular flexibility index (Phi) is 7.12. The summed E-state index contributed by atoms with van der Waals surface area (Å²) in [5.41, 5.74) is 1.75. The van der Waals surface area contributed by atoms with E-state index in [0.717, 1.165) is 0 Å². The lowest BCUT2D eigenvalue weighted by molar-refractivity contribution is -0.121. The maximum atomic E-state index is 12.7. The minimum absolute atomic E-state index is 0.153. The Bertz CT molecular complexity index is 1030. The number of halogens is 1. The van der Waals surface area contributed by atoms with Gasteiger partial charge < -0.3 is 10.6 Å². The SMILES string of the molecule is CC(=O)Nc1cccc(NC(=O)C2CCN(S(=O)(=O)Cc3ccccc3Cl)CC2)c1. The third-order valence-electron chi connectivity index (χ3n) is 4.96. The minimum atomic E-state index is -3.51. The summed E-state index contributed by atoms with van der Waals surface area (Å²) in [6, 6.07) is 13.8. The zero-order valence-corrected chi connectivity index (χ0v) is 18.2. The third kappa shape index (κ3) is 5.81. The third-order valence-corrected chi connectivity index (χ3v) is 7.16. The first-order valence-corrected chi connectivity index (χ1v) is 11.6. The van der Waals surface area contributed by atoms with Crippen LogP contribution in [0.15, 0.2) is 48.5 Å². The highest BCUT2D eigenvalue weighted by molar-refractivity contribution is 7.88. The van der Waals surface area contributed by atoms with Crippen molar-refractivity contribution in [3.8, 4) is 0 Å². The van der Waals surface area contributed by atoms with Crippen LogP contribution in [0, 0.1) is 5.92 Å². The molecule has 0 atom stereocenters. The second kappa shape index (κ2) is 9.59. The number of hydrogen-bond donors (Lipinski definition) is 2. The van der Waals surface area contributed by atoms with Crippen molar-refractivity contribution in [3.63, 3.8) is 0 Å². The number of carbonyl (C=O) groups is 2. The molecule has 1 aliphatic heterocycles. The predicted octanol–water partition coefficient (Wildman–Crippen LogP) is 3.48. The minimum Gasteiger partial charge on any atom is -0.326 e. The Hall–Kier alpha value is -2.42. The molecule has 0 saturated carbocycles. The molecular weight excluding hydrogens is 426 g/mol. The standard InChI is InChI=1S/C21H24ClN3O4S/c1-15(26)23-18-6-4-7-19(13-18)24-21(27)16-9-11-25(12-10-16)30(28,29)14-17-5-2-3-8-20(17)22/h2-8,13,16H,9-12,14H2,1H3,(H,23,26)(H,24,27). The fraction of sp³-hybridized carbons (Fsp3) is 0.333. The Morgan fingerprint density at radius 2 is 1.67 bits per heavy atom. The van der Waals surface area contributed by atoms with Crippen LogP contribution in [0.25, 0.3) is 0 Å². The van der Waals surface area contributed by atoms with Crippen molar-refractivity contribution in [1.82, 2.24) is 4.31 Å². The van der Waals surface area contributed by atoms with Gasteiger partial charge in [-0.15, -0.1) is 0 Å². The Labute approximate surface area is 181 Å². The zero-order chi connectivity index (χ0) is 21.7. The summed E-state index contributed by atoms with van der Waals surface area (Å²) in [6.07, 6.45) is 0.887. The summed E-state index contributed by atoms with van der Waals surface area (Å²) in [5, 5.41) is 5.95. The largest absolute Gasteiger partial charge is 0.326 e. The van der Waals surface area contributed by atoms with Crippen LogP contribution in [-0.4, -0.2) is 37.6 Å². The number of anilines is 2. The molecule has 0 spiro atoms. The van der Waals surface area contributed by atoms with Crippen LogP contribution in [0.5, 0.6) is 0 Å². The first kappa shape index (κ1) is 22.3. The van der Waals surface area contributed by atoms with Crippen LogP contribution in [0.4, 0.5) is 11.4 Å². The molecule has 2 amide bonds. The number of nitrogens with zero attached hydrogens (tertiary/aromatic N) is 1. The first-order chi connectivity index (χ1) is 14.2. The number of hydrogen-bond acceptors (Lipinski definition) is 4. The average molecular weight is 450 g/mol. The molecule has 1 saturated heterocycles. The van der Waals surface area contributed by atoms with Crippen molar-refractivity contribution in [2.75, 3.05) is 23.7 Å². The van der Waals surface area contributed by atoms with E-state index in [2.05, 4.69) is 10.6 Å². The molecule has 0 unspecified atom stereocenters. The van der Waals surface area contributed by atoms with E-state index in [1.807, 2.05) is 0 Å². The Morgan fingerprint density at radius 1 is 1.03 bits per heavy atom. The fourth-order valence-corrected chi connectivity index (χ4v) is 5.30. The summed E-state index contributed by atoms with van der Waals surface area (Å²) >= 11 is 6.09. The number of rotatable bonds is 6. The molecule has 1 fully saturated rings. The van der Waals surface area contributed by atoms with Crippen molar-refractivity contribution in [1.29, 1.82) is 0 Å². The topological polar surface area (TPSA) is 95.6 Å². The van der Waals surface area contributed by atoms with E-state index in [4.69, 9.17) is 11.6 Å². The fourth-order valence-electron chi connectivity index (χ4n) is 3.42. The normalized spacial score (nSPS) is 15.5. The summed E-state index contributed by atoms with van der Waals surface area (Å²) in [4.78, 5) is 23.8. The predicted molar refractivity (Wildman–Crippen MR) is 118 cm³/mol. The van der Waals surface area contributed by atoms with Gasteiger partial charge in [0.15, 0.2) is 0 Å². The molecule has 9 heteroatoms. The van der Waals surface area contributed by atoms with Crippen molar-refractivity contribution in [3.05, 3.63) is 59.1 Å². The molecule has 1 aliphatic rings. The Balaban J connectivity index is 1.56. The molecule has 0 aliphatic carbocycles. The van der Waals surface area contributed by atoms with Crippen LogP contribution < -0.4 is 10.6 Å². The smallest absolute Gasteiger partial charge is 0.227 e. The molecule has 2 aromatic carbocycles. The van der Waals surface area contributed by atoms with Gasteiger partial charge >= 0.3 is 0 Å². The number of amides is 2. The molecule has 0 bridgehead atoms. The van der Waals surface area contributed by atoms with E-state index >= 15 is 0 Å². The highest BCUT2D eigenvalue weighted by Gasteiger charge is 2.31. The van der Waals surface area contributed by atoms with E-state index in [1.165, 1.54) is 11.2 Å². The van der Waals surface area contributed by atoms with Crippen LogP contribution in [0.2, 0.25) is 5.02 Å². The van der Waals surface area contributed by atoms with Crippen molar-refractivity contribution in [2.45, 2.75) is 25.5 Å². The lowest BCUT2D eigenvalue weighted by atomic mass is 9.97. The molecule has 1 heterocycles. The molecule has 2 aromatic rings. The van der Waals surface area contributed by atoms with Crippen LogP contribution in [0.3, 0.4) is 0 Å². The molecular formula is C21H24ClN3O4S. The summed E-state index contributed by atoms with van der Waals surface area (Å²) < 4.78 is 26.9. The lowest BCUT2D eigenvalue weighted by Gasteiger charge is -2.30. The van der Waals surface area contributed by atoms with Crippen LogP contribution in [-0.2, 0) is 25.4 Å². The second-order valence-corrected chi connectivity index (χ2v) is 9.65. The summed E-state index contributed by atoms with van der Waals surface area (Å²) in [7, 11) is -3.51. The van der Waals surface area contributed by atoms with Gasteiger partial charge in [-0.05, 0) is 42.7 Å². The number of nitrogens with one attached hydrogen (secondary N) is 2. The highest BCUT2D eigenvalue weighted by Crippen LogP contribution is 2.25. The molecule has 0 aromatic heterocycles. The van der Waals surface area contributed by atoms with E-state index in [1.54, 1.807) is 48.5 Å². The van der Waals surface area contributed by atoms with Crippen LogP contribution in [0.1, 0.15) is 25.3 Å². The van der Waals surface area contributed by atoms with E-state index in [9.17, 15) is 18.0 Å². The van der Waals surface area contributed by atoms with Gasteiger partial charge in [-0.2, -0.15) is 0 Å². The number of piperidine rings is 1. The Morgan fingerprint density at radius 3 is 2.30 bits per heavy atom. The van der Waals surface area contributed by atoms with Gasteiger partial charge in [-0.3, -0.25) is 9.59 Å². The number of sulfonamides is 1. The van der Waals surface area contributed by atoms with Crippen molar-refractivity contribution < 1.29 is 18.0 Å². The number of benzene rings is 2. The highest BCUT2D eigenvalue weighted by atomic mass is 35.5. The zero-order valence-electron chi connectivity index (χ0n) is 16.6. The monoisotopic (exact) mass is 449 g/mol. The second-order valence-electron chi connectivity index (χ2n) is 7.27. The van der Waals surface area contributed by atoms with E-state index in [-0.39, 0.29) is 36.6 Å². The maximum absolute atomic E-state index is 12.7. The molecule has 7 nitrogen and oxygen atoms in total. The maximum Gasteiger partial charge on any atom is 0.227 e. The summed E-state index contributed by atoms with van der Waals surface area (Å²) in [5.74, 6) is -0.775. The first-order valence-electron chi connectivity index (χ1n) is 9.64.